The quantitative estimate of drug-likeness (QED) is 0.300. The first kappa shape index (κ1) is 8.59. The monoisotopic (exact) mass is 164 g/mol. The van der Waals surface area contributed by atoms with Gasteiger partial charge in [-0.05, 0) is 37.1 Å². The molecule has 0 saturated carbocycles. The summed E-state index contributed by atoms with van der Waals surface area (Å²) in [7, 11) is 0. The van der Waals surface area contributed by atoms with Crippen LogP contribution in [0.25, 0.3) is 0 Å². The van der Waals surface area contributed by atoms with Crippen LogP contribution in [0.1, 0.15) is 11.1 Å². The second kappa shape index (κ2) is 3.26. The van der Waals surface area contributed by atoms with E-state index in [-0.39, 0.29) is 0 Å². The van der Waals surface area contributed by atoms with Gasteiger partial charge in [-0.3, -0.25) is 5.73 Å². The van der Waals surface area contributed by atoms with Gasteiger partial charge in [0.15, 0.2) is 0 Å². The Hall–Kier alpha value is -1.51. The molecule has 5 N–H and O–H groups in total. The average molecular weight is 164 g/mol. The van der Waals surface area contributed by atoms with Crippen LogP contribution in [0.4, 0.5) is 11.4 Å². The maximum Gasteiger partial charge on any atom is 0.232 e. The van der Waals surface area contributed by atoms with Crippen molar-refractivity contribution in [3.05, 3.63) is 23.3 Å². The van der Waals surface area contributed by atoms with Crippen molar-refractivity contribution in [1.29, 1.82) is 0 Å². The van der Waals surface area contributed by atoms with Crippen LogP contribution in [0.2, 0.25) is 0 Å². The minimum atomic E-state index is 0.722. The number of nitrogen functional groups attached to an aromatic ring is 1. The predicted molar refractivity (Wildman–Crippen MR) is 51.2 cm³/mol. The molecule has 64 valence electrons. The Labute approximate surface area is 72.1 Å². The largest absolute Gasteiger partial charge is 0.395 e. The summed E-state index contributed by atoms with van der Waals surface area (Å²) in [5, 5.41) is 0. The minimum absolute atomic E-state index is 0.722. The van der Waals surface area contributed by atoms with Crippen LogP contribution in [0.3, 0.4) is 0 Å². The molecule has 0 radical (unpaired) electrons. The lowest BCUT2D eigenvalue weighted by atomic mass is 10.1. The molecule has 3 nitrogen and oxygen atoms in total. The summed E-state index contributed by atoms with van der Waals surface area (Å²) in [4.78, 5) is 2.87. The molecule has 0 aliphatic rings. The molecule has 0 aromatic heterocycles. The van der Waals surface area contributed by atoms with Crippen molar-refractivity contribution >= 4 is 17.7 Å². The molecule has 1 aromatic carbocycles. The van der Waals surface area contributed by atoms with E-state index >= 15 is 0 Å². The fourth-order valence-corrected chi connectivity index (χ4v) is 1.05. The third-order valence-corrected chi connectivity index (χ3v) is 1.90. The van der Waals surface area contributed by atoms with Crippen molar-refractivity contribution in [3.8, 4) is 0 Å². The molecule has 3 heteroatoms. The van der Waals surface area contributed by atoms with E-state index in [9.17, 15) is 0 Å². The smallest absolute Gasteiger partial charge is 0.232 e. The van der Waals surface area contributed by atoms with Crippen molar-refractivity contribution < 1.29 is 4.99 Å². The van der Waals surface area contributed by atoms with Gasteiger partial charge in [-0.2, -0.15) is 0 Å². The topological polar surface area (TPSA) is 66.0 Å². The van der Waals surface area contributed by atoms with Crippen molar-refractivity contribution in [3.63, 3.8) is 0 Å². The Balaban J connectivity index is 3.23. The molecular weight excluding hydrogens is 150 g/mol. The fourth-order valence-electron chi connectivity index (χ4n) is 1.05. The highest BCUT2D eigenvalue weighted by Crippen LogP contribution is 2.17. The molecule has 0 aliphatic carbocycles. The van der Waals surface area contributed by atoms with E-state index in [1.165, 1.54) is 17.5 Å². The van der Waals surface area contributed by atoms with E-state index in [4.69, 9.17) is 11.5 Å². The standard InChI is InChI=1S/C9H13N3/c1-6-3-8(11)9(12-5-10)4-7(6)2/h3-5H,11H2,1-2H3,(H2,10,12)/p+1. The van der Waals surface area contributed by atoms with E-state index in [0.717, 1.165) is 11.4 Å². The predicted octanol–water partition coefficient (Wildman–Crippen LogP) is -0.415. The summed E-state index contributed by atoms with van der Waals surface area (Å²) in [6, 6.07) is 3.91. The van der Waals surface area contributed by atoms with Crippen molar-refractivity contribution in [2.45, 2.75) is 13.8 Å². The van der Waals surface area contributed by atoms with Crippen LogP contribution in [0.15, 0.2) is 12.1 Å². The molecule has 0 atom stereocenters. The Morgan fingerprint density at radius 3 is 2.42 bits per heavy atom. The van der Waals surface area contributed by atoms with E-state index in [1.807, 2.05) is 26.0 Å². The van der Waals surface area contributed by atoms with Gasteiger partial charge in [0.1, 0.15) is 5.69 Å². The molecule has 1 aromatic rings. The Kier molecular flexibility index (Phi) is 2.33. The second-order valence-corrected chi connectivity index (χ2v) is 2.83. The molecule has 0 amide bonds. The summed E-state index contributed by atoms with van der Waals surface area (Å²) in [6.07, 6.45) is 1.38. The van der Waals surface area contributed by atoms with Crippen molar-refractivity contribution in [2.75, 3.05) is 5.73 Å². The van der Waals surface area contributed by atoms with E-state index in [2.05, 4.69) is 4.99 Å². The summed E-state index contributed by atoms with van der Waals surface area (Å²) >= 11 is 0. The van der Waals surface area contributed by atoms with Gasteiger partial charge in [-0.1, -0.05) is 0 Å². The van der Waals surface area contributed by atoms with Crippen LogP contribution in [-0.4, -0.2) is 6.34 Å². The van der Waals surface area contributed by atoms with Crippen LogP contribution < -0.4 is 16.5 Å². The third kappa shape index (κ3) is 1.56. The molecule has 0 heterocycles. The van der Waals surface area contributed by atoms with Crippen LogP contribution in [-0.2, 0) is 0 Å². The van der Waals surface area contributed by atoms with E-state index in [1.54, 1.807) is 0 Å². The number of hydrogen-bond donors (Lipinski definition) is 3. The maximum absolute atomic E-state index is 5.74. The fraction of sp³-hybridized carbons (Fsp3) is 0.222. The van der Waals surface area contributed by atoms with Gasteiger partial charge in [-0.15, -0.1) is 0 Å². The van der Waals surface area contributed by atoms with Gasteiger partial charge in [0, 0.05) is 0 Å². The molecule has 0 saturated heterocycles. The molecule has 0 aliphatic heterocycles. The Bertz CT molecular complexity index is 316. The number of nitrogens with two attached hydrogens (primary N) is 2. The van der Waals surface area contributed by atoms with Crippen molar-refractivity contribution in [2.24, 2.45) is 5.73 Å². The summed E-state index contributed by atoms with van der Waals surface area (Å²) in [6.45, 7) is 4.07. The number of aryl methyl sites for hydroxylation is 2. The normalized spacial score (nSPS) is 10.8. The first-order chi connectivity index (χ1) is 5.65. The zero-order valence-electron chi connectivity index (χ0n) is 7.39. The van der Waals surface area contributed by atoms with E-state index in [0.29, 0.717) is 0 Å². The zero-order chi connectivity index (χ0) is 9.14. The van der Waals surface area contributed by atoms with Crippen LogP contribution >= 0.6 is 0 Å². The molecule has 0 fully saturated rings. The number of anilines is 1. The van der Waals surface area contributed by atoms with E-state index < -0.39 is 0 Å². The van der Waals surface area contributed by atoms with Crippen LogP contribution in [0.5, 0.6) is 0 Å². The highest BCUT2D eigenvalue weighted by atomic mass is 14.8. The SMILES string of the molecule is Cc1cc(N)c([NH+]=CN)cc1C. The Morgan fingerprint density at radius 1 is 1.25 bits per heavy atom. The lowest BCUT2D eigenvalue weighted by Gasteiger charge is -2.02. The van der Waals surface area contributed by atoms with Crippen LogP contribution in [0, 0.1) is 13.8 Å². The van der Waals surface area contributed by atoms with Gasteiger partial charge < -0.3 is 5.73 Å². The molecule has 1 rings (SSSR count). The van der Waals surface area contributed by atoms with Gasteiger partial charge in [0.25, 0.3) is 0 Å². The van der Waals surface area contributed by atoms with Crippen molar-refractivity contribution in [1.82, 2.24) is 0 Å². The highest BCUT2D eigenvalue weighted by Gasteiger charge is 2.01. The average Bonchev–Trinajstić information content (AvgIpc) is 2.01. The molecule has 0 spiro atoms. The lowest BCUT2D eigenvalue weighted by Crippen LogP contribution is -2.63. The summed E-state index contributed by atoms with van der Waals surface area (Å²) in [5.41, 5.74) is 14.9. The highest BCUT2D eigenvalue weighted by molar-refractivity contribution is 5.62. The summed E-state index contributed by atoms with van der Waals surface area (Å²) < 4.78 is 0. The number of benzene rings is 1. The third-order valence-electron chi connectivity index (χ3n) is 1.90. The lowest BCUT2D eigenvalue weighted by molar-refractivity contribution is -0.347. The second-order valence-electron chi connectivity index (χ2n) is 2.83. The summed E-state index contributed by atoms with van der Waals surface area (Å²) in [5.74, 6) is 0. The van der Waals surface area contributed by atoms with Gasteiger partial charge in [0.2, 0.25) is 6.34 Å². The maximum atomic E-state index is 5.74. The van der Waals surface area contributed by atoms with Gasteiger partial charge in [0.05, 0.1) is 5.69 Å². The molecule has 0 bridgehead atoms. The number of hydrogen-bond acceptors (Lipinski definition) is 1. The Morgan fingerprint density at radius 2 is 1.83 bits per heavy atom. The number of nitrogens with one attached hydrogen (secondary N) is 1. The minimum Gasteiger partial charge on any atom is -0.395 e. The van der Waals surface area contributed by atoms with Gasteiger partial charge in [-0.25, -0.2) is 4.99 Å². The molecule has 12 heavy (non-hydrogen) atoms. The number of rotatable bonds is 1. The zero-order valence-corrected chi connectivity index (χ0v) is 7.39. The molecular formula is C9H14N3+. The van der Waals surface area contributed by atoms with Gasteiger partial charge >= 0.3 is 0 Å². The molecule has 0 unspecified atom stereocenters. The first-order valence-electron chi connectivity index (χ1n) is 3.82. The first-order valence-corrected chi connectivity index (χ1v) is 3.82.